The smallest absolute Gasteiger partial charge is 0.299 e. The maximum absolute atomic E-state index is 12.3. The monoisotopic (exact) mass is 300 g/mol. The van der Waals surface area contributed by atoms with E-state index in [4.69, 9.17) is 4.42 Å². The molecule has 0 bridgehead atoms. The summed E-state index contributed by atoms with van der Waals surface area (Å²) < 4.78 is 5.76. The SMILES string of the molecule is O=C(NCC1CC1)C1CCCN(c2nc3ncccc3o2)C1. The summed E-state index contributed by atoms with van der Waals surface area (Å²) in [4.78, 5) is 23.0. The summed E-state index contributed by atoms with van der Waals surface area (Å²) in [5.41, 5.74) is 1.32. The number of nitrogens with zero attached hydrogens (tertiary/aromatic N) is 3. The Morgan fingerprint density at radius 2 is 2.32 bits per heavy atom. The van der Waals surface area contributed by atoms with Crippen LogP contribution in [0.1, 0.15) is 25.7 Å². The predicted molar refractivity (Wildman–Crippen MR) is 82.5 cm³/mol. The molecule has 2 aromatic heterocycles. The second kappa shape index (κ2) is 5.59. The fraction of sp³-hybridized carbons (Fsp3) is 0.562. The van der Waals surface area contributed by atoms with Gasteiger partial charge in [-0.05, 0) is 43.7 Å². The van der Waals surface area contributed by atoms with E-state index in [-0.39, 0.29) is 11.8 Å². The van der Waals surface area contributed by atoms with Gasteiger partial charge in [-0.3, -0.25) is 4.79 Å². The van der Waals surface area contributed by atoms with Crippen molar-refractivity contribution in [2.45, 2.75) is 25.7 Å². The lowest BCUT2D eigenvalue weighted by molar-refractivity contribution is -0.125. The van der Waals surface area contributed by atoms with Crippen molar-refractivity contribution in [1.29, 1.82) is 0 Å². The van der Waals surface area contributed by atoms with E-state index in [1.54, 1.807) is 6.20 Å². The minimum Gasteiger partial charge on any atom is -0.422 e. The third kappa shape index (κ3) is 2.77. The molecule has 1 saturated heterocycles. The van der Waals surface area contributed by atoms with Crippen molar-refractivity contribution < 1.29 is 9.21 Å². The number of carbonyl (C=O) groups excluding carboxylic acids is 1. The van der Waals surface area contributed by atoms with Gasteiger partial charge in [-0.15, -0.1) is 0 Å². The van der Waals surface area contributed by atoms with Crippen LogP contribution in [0.4, 0.5) is 6.01 Å². The van der Waals surface area contributed by atoms with Crippen LogP contribution in [-0.2, 0) is 4.79 Å². The summed E-state index contributed by atoms with van der Waals surface area (Å²) in [5.74, 6) is 0.910. The molecule has 0 radical (unpaired) electrons. The highest BCUT2D eigenvalue weighted by Gasteiger charge is 2.29. The van der Waals surface area contributed by atoms with E-state index in [9.17, 15) is 4.79 Å². The van der Waals surface area contributed by atoms with E-state index in [0.29, 0.717) is 29.7 Å². The summed E-state index contributed by atoms with van der Waals surface area (Å²) in [6.07, 6.45) is 6.14. The van der Waals surface area contributed by atoms with Crippen molar-refractivity contribution in [3.8, 4) is 0 Å². The minimum atomic E-state index is 0.0236. The Labute approximate surface area is 128 Å². The van der Waals surface area contributed by atoms with Crippen LogP contribution in [0.15, 0.2) is 22.7 Å². The molecule has 1 unspecified atom stereocenters. The number of nitrogens with one attached hydrogen (secondary N) is 1. The lowest BCUT2D eigenvalue weighted by atomic mass is 9.97. The Balaban J connectivity index is 1.44. The number of piperidine rings is 1. The topological polar surface area (TPSA) is 71.3 Å². The van der Waals surface area contributed by atoms with Gasteiger partial charge >= 0.3 is 0 Å². The average molecular weight is 300 g/mol. The lowest BCUT2D eigenvalue weighted by Crippen LogP contribution is -2.43. The molecule has 0 aromatic carbocycles. The van der Waals surface area contributed by atoms with Crippen LogP contribution in [0.3, 0.4) is 0 Å². The maximum Gasteiger partial charge on any atom is 0.299 e. The van der Waals surface area contributed by atoms with Crippen LogP contribution in [0, 0.1) is 11.8 Å². The molecule has 6 nitrogen and oxygen atoms in total. The van der Waals surface area contributed by atoms with Gasteiger partial charge in [0.1, 0.15) is 0 Å². The highest BCUT2D eigenvalue weighted by atomic mass is 16.4. The van der Waals surface area contributed by atoms with Gasteiger partial charge in [0.15, 0.2) is 5.58 Å². The second-order valence-corrected chi connectivity index (χ2v) is 6.30. The van der Waals surface area contributed by atoms with Gasteiger partial charge in [0.05, 0.1) is 5.92 Å². The molecule has 2 aromatic rings. The molecule has 0 spiro atoms. The zero-order chi connectivity index (χ0) is 14.9. The van der Waals surface area contributed by atoms with Crippen molar-refractivity contribution >= 4 is 23.2 Å². The van der Waals surface area contributed by atoms with Crippen LogP contribution >= 0.6 is 0 Å². The highest BCUT2D eigenvalue weighted by Crippen LogP contribution is 2.28. The largest absolute Gasteiger partial charge is 0.422 e. The summed E-state index contributed by atoms with van der Waals surface area (Å²) in [5, 5.41) is 3.08. The van der Waals surface area contributed by atoms with Gasteiger partial charge < -0.3 is 14.6 Å². The van der Waals surface area contributed by atoms with Crippen molar-refractivity contribution in [2.24, 2.45) is 11.8 Å². The first-order valence-electron chi connectivity index (χ1n) is 8.04. The minimum absolute atomic E-state index is 0.0236. The standard InChI is InChI=1S/C16H20N4O2/c21-15(18-9-11-5-6-11)12-3-2-8-20(10-12)16-19-14-13(22-16)4-1-7-17-14/h1,4,7,11-12H,2-3,5-6,8-10H2,(H,18,21). The van der Waals surface area contributed by atoms with E-state index < -0.39 is 0 Å². The Morgan fingerprint density at radius 3 is 3.14 bits per heavy atom. The van der Waals surface area contributed by atoms with Crippen molar-refractivity contribution in [3.63, 3.8) is 0 Å². The zero-order valence-corrected chi connectivity index (χ0v) is 12.5. The van der Waals surface area contributed by atoms with E-state index in [2.05, 4.69) is 20.2 Å². The molecule has 2 aliphatic rings. The van der Waals surface area contributed by atoms with Gasteiger partial charge in [0.25, 0.3) is 6.01 Å². The molecule has 6 heteroatoms. The first-order chi connectivity index (χ1) is 10.8. The molecule has 22 heavy (non-hydrogen) atoms. The first kappa shape index (κ1) is 13.5. The average Bonchev–Trinajstić information content (AvgIpc) is 3.29. The number of pyridine rings is 1. The lowest BCUT2D eigenvalue weighted by Gasteiger charge is -2.30. The van der Waals surface area contributed by atoms with Crippen molar-refractivity contribution in [1.82, 2.24) is 15.3 Å². The number of carbonyl (C=O) groups is 1. The fourth-order valence-corrected chi connectivity index (χ4v) is 2.97. The Hall–Kier alpha value is -2.11. The summed E-state index contributed by atoms with van der Waals surface area (Å²) in [6, 6.07) is 4.28. The molecule has 1 aliphatic heterocycles. The number of rotatable bonds is 4. The van der Waals surface area contributed by atoms with Gasteiger partial charge in [0, 0.05) is 25.8 Å². The third-order valence-electron chi connectivity index (χ3n) is 4.48. The van der Waals surface area contributed by atoms with E-state index in [1.165, 1.54) is 12.8 Å². The van der Waals surface area contributed by atoms with Crippen molar-refractivity contribution in [3.05, 3.63) is 18.3 Å². The van der Waals surface area contributed by atoms with Gasteiger partial charge in [-0.25, -0.2) is 4.98 Å². The predicted octanol–water partition coefficient (Wildman–Crippen LogP) is 1.97. The van der Waals surface area contributed by atoms with Crippen LogP contribution in [0.2, 0.25) is 0 Å². The molecule has 1 amide bonds. The number of anilines is 1. The summed E-state index contributed by atoms with van der Waals surface area (Å²) in [6.45, 7) is 2.38. The van der Waals surface area contributed by atoms with Crippen LogP contribution in [-0.4, -0.2) is 35.5 Å². The molecule has 1 aliphatic carbocycles. The normalized spacial score (nSPS) is 22.0. The summed E-state index contributed by atoms with van der Waals surface area (Å²) in [7, 11) is 0. The Kier molecular flexibility index (Phi) is 3.44. The van der Waals surface area contributed by atoms with Crippen LogP contribution in [0.5, 0.6) is 0 Å². The molecule has 2 fully saturated rings. The molecule has 116 valence electrons. The second-order valence-electron chi connectivity index (χ2n) is 6.30. The maximum atomic E-state index is 12.3. The number of fused-ring (bicyclic) bond motifs is 1. The molecule has 1 N–H and O–H groups in total. The Bertz CT molecular complexity index is 647. The number of aromatic nitrogens is 2. The molecule has 1 atom stereocenters. The molecule has 4 rings (SSSR count). The molecular formula is C16H20N4O2. The van der Waals surface area contributed by atoms with Crippen molar-refractivity contribution in [2.75, 3.05) is 24.5 Å². The first-order valence-corrected chi connectivity index (χ1v) is 8.04. The fourth-order valence-electron chi connectivity index (χ4n) is 2.97. The van der Waals surface area contributed by atoms with E-state index in [0.717, 1.165) is 25.9 Å². The van der Waals surface area contributed by atoms with Crippen LogP contribution in [0.25, 0.3) is 11.2 Å². The summed E-state index contributed by atoms with van der Waals surface area (Å²) >= 11 is 0. The van der Waals surface area contributed by atoms with Gasteiger partial charge in [-0.1, -0.05) is 0 Å². The molecule has 1 saturated carbocycles. The molecule has 3 heterocycles. The quantitative estimate of drug-likeness (QED) is 0.934. The van der Waals surface area contributed by atoms with Crippen LogP contribution < -0.4 is 10.2 Å². The third-order valence-corrected chi connectivity index (χ3v) is 4.48. The van der Waals surface area contributed by atoms with Gasteiger partial charge in [0.2, 0.25) is 11.6 Å². The Morgan fingerprint density at radius 1 is 1.41 bits per heavy atom. The number of hydrogen-bond donors (Lipinski definition) is 1. The van der Waals surface area contributed by atoms with E-state index in [1.807, 2.05) is 12.1 Å². The zero-order valence-electron chi connectivity index (χ0n) is 12.5. The molecular weight excluding hydrogens is 280 g/mol. The van der Waals surface area contributed by atoms with Gasteiger partial charge in [-0.2, -0.15) is 4.98 Å². The van der Waals surface area contributed by atoms with E-state index >= 15 is 0 Å². The number of oxazole rings is 1. The highest BCUT2D eigenvalue weighted by molar-refractivity contribution is 5.79. The number of amides is 1. The number of hydrogen-bond acceptors (Lipinski definition) is 5.